The topological polar surface area (TPSA) is 9.23 Å². The molecular formula is C17H38OSi2. The lowest BCUT2D eigenvalue weighted by atomic mass is 9.44. The fraction of sp³-hybridized carbons (Fsp3) is 1.00. The van der Waals surface area contributed by atoms with Gasteiger partial charge < -0.3 is 4.74 Å². The lowest BCUT2D eigenvalue weighted by molar-refractivity contribution is -0.236. The zero-order chi connectivity index (χ0) is 15.9. The Hall–Kier alpha value is 0.394. The molecule has 1 aliphatic rings. The molecule has 20 heavy (non-hydrogen) atoms. The van der Waals surface area contributed by atoms with Gasteiger partial charge in [-0.3, -0.25) is 0 Å². The van der Waals surface area contributed by atoms with E-state index in [4.69, 9.17) is 4.74 Å². The highest BCUT2D eigenvalue weighted by Gasteiger charge is 2.66. The summed E-state index contributed by atoms with van der Waals surface area (Å²) in [4.78, 5) is 0.210. The molecule has 0 amide bonds. The fourth-order valence-electron chi connectivity index (χ4n) is 6.69. The molecular weight excluding hydrogens is 276 g/mol. The van der Waals surface area contributed by atoms with Gasteiger partial charge in [0.05, 0.1) is 0 Å². The highest BCUT2D eigenvalue weighted by atomic mass is 28.2. The minimum Gasteiger partial charge on any atom is -0.383 e. The molecule has 0 unspecified atom stereocenters. The van der Waals surface area contributed by atoms with Gasteiger partial charge in [0.25, 0.3) is 0 Å². The Morgan fingerprint density at radius 2 is 1.15 bits per heavy atom. The Kier molecular flexibility index (Phi) is 5.43. The summed E-state index contributed by atoms with van der Waals surface area (Å²) >= 11 is 0. The first kappa shape index (κ1) is 18.4. The first-order valence-electron chi connectivity index (χ1n) is 8.62. The molecule has 0 bridgehead atoms. The fourth-order valence-corrected chi connectivity index (χ4v) is 10.3. The summed E-state index contributed by atoms with van der Waals surface area (Å²) in [6.07, 6.45) is 1.24. The zero-order valence-corrected chi connectivity index (χ0v) is 19.6. The largest absolute Gasteiger partial charge is 0.383 e. The molecule has 1 heterocycles. The van der Waals surface area contributed by atoms with Crippen LogP contribution < -0.4 is 0 Å². The molecule has 1 saturated heterocycles. The third kappa shape index (κ3) is 2.19. The molecule has 0 aromatic rings. The van der Waals surface area contributed by atoms with Gasteiger partial charge in [-0.05, 0) is 35.5 Å². The van der Waals surface area contributed by atoms with E-state index in [1.165, 1.54) is 6.42 Å². The lowest BCUT2D eigenvalue weighted by Gasteiger charge is -2.69. The monoisotopic (exact) mass is 314 g/mol. The van der Waals surface area contributed by atoms with Crippen LogP contribution in [0.3, 0.4) is 0 Å². The third-order valence-corrected chi connectivity index (χ3v) is 8.86. The SMILES string of the molecule is CC(C)C1(C(C)C)CCOC([SiH3])([SiH3])C1(C(C)C)C(C)C. The number of hydrogen-bond acceptors (Lipinski definition) is 1. The molecule has 0 aromatic carbocycles. The van der Waals surface area contributed by atoms with Gasteiger partial charge in [0, 0.05) is 37.4 Å². The van der Waals surface area contributed by atoms with Crippen molar-refractivity contribution in [2.45, 2.75) is 66.7 Å². The van der Waals surface area contributed by atoms with Crippen molar-refractivity contribution >= 4 is 20.5 Å². The summed E-state index contributed by atoms with van der Waals surface area (Å²) in [5, 5.41) is 0. The van der Waals surface area contributed by atoms with Crippen molar-refractivity contribution in [1.82, 2.24) is 0 Å². The Morgan fingerprint density at radius 3 is 1.40 bits per heavy atom. The average Bonchev–Trinajstić information content (AvgIpc) is 2.24. The Labute approximate surface area is 133 Å². The first-order valence-corrected chi connectivity index (χ1v) is 10.6. The summed E-state index contributed by atoms with van der Waals surface area (Å²) in [6.45, 7) is 20.7. The Morgan fingerprint density at radius 1 is 0.750 bits per heavy atom. The normalized spacial score (nSPS) is 30.0. The lowest BCUT2D eigenvalue weighted by Crippen LogP contribution is -2.71. The van der Waals surface area contributed by atoms with Crippen molar-refractivity contribution in [3.8, 4) is 0 Å². The van der Waals surface area contributed by atoms with E-state index in [-0.39, 0.29) is 4.85 Å². The van der Waals surface area contributed by atoms with Crippen LogP contribution in [0.5, 0.6) is 0 Å². The molecule has 0 atom stereocenters. The standard InChI is InChI=1S/C17H38OSi2/c1-11(2)15(12(3)4)9-10-18-17(19,20)16(15,13(5)6)14(7)8/h11-14H,9-10H2,1-8,19-20H3. The van der Waals surface area contributed by atoms with Crippen molar-refractivity contribution in [2.24, 2.45) is 34.5 Å². The molecule has 0 N–H and O–H groups in total. The smallest absolute Gasteiger partial charge is 0.0470 e. The molecule has 1 rings (SSSR count). The van der Waals surface area contributed by atoms with E-state index < -0.39 is 0 Å². The van der Waals surface area contributed by atoms with E-state index in [1.54, 1.807) is 0 Å². The maximum absolute atomic E-state index is 6.48. The van der Waals surface area contributed by atoms with Crippen LogP contribution in [-0.2, 0) is 4.74 Å². The molecule has 0 aliphatic carbocycles. The van der Waals surface area contributed by atoms with Gasteiger partial charge in [-0.15, -0.1) is 0 Å². The van der Waals surface area contributed by atoms with Crippen LogP contribution in [-0.4, -0.2) is 31.9 Å². The highest BCUT2D eigenvalue weighted by Crippen LogP contribution is 2.66. The summed E-state index contributed by atoms with van der Waals surface area (Å²) in [5.41, 5.74) is 0.746. The van der Waals surface area contributed by atoms with Crippen molar-refractivity contribution in [3.05, 3.63) is 0 Å². The summed E-state index contributed by atoms with van der Waals surface area (Å²) in [7, 11) is 2.33. The average molecular weight is 315 g/mol. The molecule has 0 aromatic heterocycles. The predicted molar refractivity (Wildman–Crippen MR) is 97.4 cm³/mol. The maximum atomic E-state index is 6.48. The molecule has 0 spiro atoms. The summed E-state index contributed by atoms with van der Waals surface area (Å²) in [6, 6.07) is 0. The van der Waals surface area contributed by atoms with Crippen LogP contribution in [0.1, 0.15) is 61.8 Å². The third-order valence-electron chi connectivity index (χ3n) is 6.63. The second-order valence-electron chi connectivity index (χ2n) is 8.64. The highest BCUT2D eigenvalue weighted by molar-refractivity contribution is 6.39. The van der Waals surface area contributed by atoms with Crippen molar-refractivity contribution < 1.29 is 4.74 Å². The van der Waals surface area contributed by atoms with Crippen LogP contribution in [0.4, 0.5) is 0 Å². The van der Waals surface area contributed by atoms with Crippen molar-refractivity contribution in [3.63, 3.8) is 0 Å². The first-order chi connectivity index (χ1) is 8.98. The molecule has 1 aliphatic heterocycles. The van der Waals surface area contributed by atoms with Crippen molar-refractivity contribution in [1.29, 1.82) is 0 Å². The van der Waals surface area contributed by atoms with E-state index in [2.05, 4.69) is 55.4 Å². The number of hydrogen-bond donors (Lipinski definition) is 0. The van der Waals surface area contributed by atoms with Gasteiger partial charge in [0.2, 0.25) is 0 Å². The molecule has 0 saturated carbocycles. The van der Waals surface area contributed by atoms with Gasteiger partial charge in [0.15, 0.2) is 0 Å². The van der Waals surface area contributed by atoms with Gasteiger partial charge >= 0.3 is 0 Å². The minimum atomic E-state index is 0.210. The van der Waals surface area contributed by atoms with E-state index in [1.807, 2.05) is 0 Å². The van der Waals surface area contributed by atoms with Gasteiger partial charge in [-0.1, -0.05) is 55.4 Å². The number of ether oxygens (including phenoxy) is 1. The van der Waals surface area contributed by atoms with Crippen LogP contribution in [0.2, 0.25) is 0 Å². The van der Waals surface area contributed by atoms with Gasteiger partial charge in [-0.2, -0.15) is 0 Å². The van der Waals surface area contributed by atoms with Crippen LogP contribution in [0.15, 0.2) is 0 Å². The van der Waals surface area contributed by atoms with Crippen LogP contribution >= 0.6 is 0 Å². The summed E-state index contributed by atoms with van der Waals surface area (Å²) < 4.78 is 6.48. The van der Waals surface area contributed by atoms with E-state index in [9.17, 15) is 0 Å². The van der Waals surface area contributed by atoms with E-state index in [0.29, 0.717) is 22.7 Å². The van der Waals surface area contributed by atoms with Crippen molar-refractivity contribution in [2.75, 3.05) is 6.61 Å². The molecule has 120 valence electrons. The molecule has 1 fully saturated rings. The molecule has 1 nitrogen and oxygen atoms in total. The van der Waals surface area contributed by atoms with Crippen LogP contribution in [0, 0.1) is 34.5 Å². The second-order valence-corrected chi connectivity index (χ2v) is 14.5. The Bertz CT molecular complexity index is 316. The zero-order valence-electron chi connectivity index (χ0n) is 15.6. The summed E-state index contributed by atoms with van der Waals surface area (Å²) in [5.74, 6) is 2.81. The maximum Gasteiger partial charge on any atom is 0.0470 e. The second kappa shape index (κ2) is 5.88. The quantitative estimate of drug-likeness (QED) is 0.724. The van der Waals surface area contributed by atoms with E-state index >= 15 is 0 Å². The predicted octanol–water partition coefficient (Wildman–Crippen LogP) is 2.39. The minimum absolute atomic E-state index is 0.210. The molecule has 0 radical (unpaired) electrons. The van der Waals surface area contributed by atoms with Gasteiger partial charge in [0.1, 0.15) is 0 Å². The van der Waals surface area contributed by atoms with E-state index in [0.717, 1.165) is 38.9 Å². The van der Waals surface area contributed by atoms with Crippen LogP contribution in [0.25, 0.3) is 0 Å². The number of rotatable bonds is 4. The molecule has 3 heteroatoms. The Balaban J connectivity index is 3.69. The van der Waals surface area contributed by atoms with Gasteiger partial charge in [-0.25, -0.2) is 0 Å².